The lowest BCUT2D eigenvalue weighted by Crippen LogP contribution is -1.99. The quantitative estimate of drug-likeness (QED) is 0.372. The maximum Gasteiger partial charge on any atom is 0.224 e. The third-order valence-electron chi connectivity index (χ3n) is 4.76. The first kappa shape index (κ1) is 22.2. The number of aromatic nitrogens is 2. The third kappa shape index (κ3) is 11.4. The molecule has 0 atom stereocenters. The number of aryl methyl sites for hydroxylation is 1. The molecule has 0 spiro atoms. The van der Waals surface area contributed by atoms with Gasteiger partial charge in [-0.05, 0) is 12.8 Å². The number of nitrogens with one attached hydrogen (secondary N) is 1. The zero-order valence-electron chi connectivity index (χ0n) is 16.4. The van der Waals surface area contributed by atoms with E-state index in [-0.39, 0.29) is 5.16 Å². The maximum atomic E-state index is 11.4. The Balaban J connectivity index is 1.87. The van der Waals surface area contributed by atoms with Crippen molar-refractivity contribution >= 4 is 9.84 Å². The van der Waals surface area contributed by atoms with Crippen molar-refractivity contribution in [3.63, 3.8) is 0 Å². The van der Waals surface area contributed by atoms with E-state index < -0.39 is 9.84 Å². The monoisotopic (exact) mass is 370 g/mol. The number of H-pyrrole nitrogens is 1. The van der Waals surface area contributed by atoms with Gasteiger partial charge in [0.2, 0.25) is 15.0 Å². The minimum absolute atomic E-state index is 0.0906. The molecule has 0 fully saturated rings. The Bertz CT molecular complexity index is 538. The number of imidazole rings is 1. The summed E-state index contributed by atoms with van der Waals surface area (Å²) >= 11 is 0. The number of sulfone groups is 1. The zero-order valence-corrected chi connectivity index (χ0v) is 17.2. The molecule has 0 saturated carbocycles. The molecule has 1 rings (SSSR count). The first-order valence-corrected chi connectivity index (χ1v) is 12.2. The Morgan fingerprint density at radius 2 is 1.24 bits per heavy atom. The van der Waals surface area contributed by atoms with Gasteiger partial charge in [-0.15, -0.1) is 0 Å². The molecule has 0 bridgehead atoms. The van der Waals surface area contributed by atoms with Gasteiger partial charge in [0.25, 0.3) is 0 Å². The largest absolute Gasteiger partial charge is 0.333 e. The molecular formula is C20H38N2O2S. The van der Waals surface area contributed by atoms with Crippen LogP contribution in [0, 0.1) is 0 Å². The summed E-state index contributed by atoms with van der Waals surface area (Å²) in [4.78, 5) is 6.83. The van der Waals surface area contributed by atoms with Crippen LogP contribution < -0.4 is 0 Å². The minimum Gasteiger partial charge on any atom is -0.333 e. The van der Waals surface area contributed by atoms with Gasteiger partial charge in [0, 0.05) is 18.1 Å². The van der Waals surface area contributed by atoms with E-state index in [0.29, 0.717) is 0 Å². The molecule has 4 nitrogen and oxygen atoms in total. The number of hydrogen-bond acceptors (Lipinski definition) is 3. The summed E-state index contributed by atoms with van der Waals surface area (Å²) in [5.41, 5.74) is 0.930. The third-order valence-corrected chi connectivity index (χ3v) is 5.67. The maximum absolute atomic E-state index is 11.4. The number of unbranched alkanes of at least 4 members (excludes halogenated alkanes) is 13. The van der Waals surface area contributed by atoms with Gasteiger partial charge in [-0.25, -0.2) is 13.4 Å². The van der Waals surface area contributed by atoms with Gasteiger partial charge >= 0.3 is 0 Å². The van der Waals surface area contributed by atoms with Crippen molar-refractivity contribution in [2.24, 2.45) is 0 Å². The van der Waals surface area contributed by atoms with E-state index in [2.05, 4.69) is 16.9 Å². The first-order chi connectivity index (χ1) is 12.0. The molecule has 25 heavy (non-hydrogen) atoms. The molecule has 0 aliphatic rings. The van der Waals surface area contributed by atoms with Crippen molar-refractivity contribution in [1.82, 2.24) is 9.97 Å². The van der Waals surface area contributed by atoms with Crippen molar-refractivity contribution in [3.05, 3.63) is 11.9 Å². The number of rotatable bonds is 16. The van der Waals surface area contributed by atoms with E-state index in [1.165, 1.54) is 89.7 Å². The summed E-state index contributed by atoms with van der Waals surface area (Å²) in [5.74, 6) is 0. The van der Waals surface area contributed by atoms with E-state index in [9.17, 15) is 8.42 Å². The minimum atomic E-state index is -3.21. The van der Waals surface area contributed by atoms with Gasteiger partial charge in [-0.1, -0.05) is 90.4 Å². The lowest BCUT2D eigenvalue weighted by atomic mass is 10.0. The molecule has 0 aromatic carbocycles. The van der Waals surface area contributed by atoms with Crippen LogP contribution in [0.1, 0.15) is 103 Å². The van der Waals surface area contributed by atoms with E-state index >= 15 is 0 Å². The Morgan fingerprint density at radius 1 is 0.800 bits per heavy atom. The van der Waals surface area contributed by atoms with Crippen molar-refractivity contribution in [2.75, 3.05) is 6.26 Å². The summed E-state index contributed by atoms with van der Waals surface area (Å²) in [6, 6.07) is 0. The summed E-state index contributed by atoms with van der Waals surface area (Å²) in [7, 11) is -3.21. The second-order valence-corrected chi connectivity index (χ2v) is 9.26. The van der Waals surface area contributed by atoms with Crippen LogP contribution in [0.4, 0.5) is 0 Å². The summed E-state index contributed by atoms with van der Waals surface area (Å²) in [5, 5.41) is 0.0906. The molecule has 1 aromatic heterocycles. The first-order valence-electron chi connectivity index (χ1n) is 10.3. The molecule has 1 heterocycles. The van der Waals surface area contributed by atoms with Crippen LogP contribution in [-0.4, -0.2) is 24.6 Å². The molecule has 0 amide bonds. The average Bonchev–Trinajstić information content (AvgIpc) is 3.04. The molecule has 0 unspecified atom stereocenters. The smallest absolute Gasteiger partial charge is 0.224 e. The SMILES string of the molecule is CCCCCCCCCCCCCCCCc1cnc(S(C)(=O)=O)[nH]1. The van der Waals surface area contributed by atoms with Crippen LogP contribution in [0.25, 0.3) is 0 Å². The number of nitrogens with zero attached hydrogens (tertiary/aromatic N) is 1. The Hall–Kier alpha value is -0.840. The highest BCUT2D eigenvalue weighted by Gasteiger charge is 2.11. The Kier molecular flexibility index (Phi) is 11.9. The van der Waals surface area contributed by atoms with Crippen molar-refractivity contribution < 1.29 is 8.42 Å². The van der Waals surface area contributed by atoms with Crippen LogP contribution in [0.15, 0.2) is 11.4 Å². The second kappa shape index (κ2) is 13.4. The fourth-order valence-electron chi connectivity index (χ4n) is 3.16. The molecule has 5 heteroatoms. The number of aromatic amines is 1. The Morgan fingerprint density at radius 3 is 1.64 bits per heavy atom. The van der Waals surface area contributed by atoms with Gasteiger partial charge in [0.15, 0.2) is 0 Å². The van der Waals surface area contributed by atoms with Crippen LogP contribution in [0.5, 0.6) is 0 Å². The fraction of sp³-hybridized carbons (Fsp3) is 0.850. The van der Waals surface area contributed by atoms with Gasteiger partial charge in [0.05, 0.1) is 0 Å². The van der Waals surface area contributed by atoms with Gasteiger partial charge in [0.1, 0.15) is 0 Å². The number of hydrogen-bond donors (Lipinski definition) is 1. The fourth-order valence-corrected chi connectivity index (χ4v) is 3.72. The highest BCUT2D eigenvalue weighted by atomic mass is 32.2. The van der Waals surface area contributed by atoms with E-state index in [4.69, 9.17) is 0 Å². The van der Waals surface area contributed by atoms with Gasteiger partial charge in [-0.2, -0.15) is 0 Å². The summed E-state index contributed by atoms with van der Waals surface area (Å²) < 4.78 is 22.7. The Labute approximate surface area is 155 Å². The predicted molar refractivity (Wildman–Crippen MR) is 106 cm³/mol. The average molecular weight is 371 g/mol. The topological polar surface area (TPSA) is 62.8 Å². The summed E-state index contributed by atoms with van der Waals surface area (Å²) in [6.07, 6.45) is 22.6. The molecule has 146 valence electrons. The molecule has 1 N–H and O–H groups in total. The zero-order chi connectivity index (χ0) is 18.4. The van der Waals surface area contributed by atoms with Crippen molar-refractivity contribution in [1.29, 1.82) is 0 Å². The van der Waals surface area contributed by atoms with Crippen LogP contribution >= 0.6 is 0 Å². The van der Waals surface area contributed by atoms with Crippen LogP contribution in [0.2, 0.25) is 0 Å². The standard InChI is InChI=1S/C20H38N2O2S/c1-3-4-5-6-7-8-9-10-11-12-13-14-15-16-17-19-18-21-20(22-19)25(2,23)24/h18H,3-17H2,1-2H3,(H,21,22). The lowest BCUT2D eigenvalue weighted by Gasteiger charge is -2.03. The molecule has 0 saturated heterocycles. The van der Waals surface area contributed by atoms with Gasteiger partial charge in [-0.3, -0.25) is 0 Å². The van der Waals surface area contributed by atoms with E-state index in [1.807, 2.05) is 0 Å². The predicted octanol–water partition coefficient (Wildman–Crippen LogP) is 5.84. The normalized spacial score (nSPS) is 11.9. The highest BCUT2D eigenvalue weighted by Crippen LogP contribution is 2.14. The summed E-state index contributed by atoms with van der Waals surface area (Å²) in [6.45, 7) is 2.27. The lowest BCUT2D eigenvalue weighted by molar-refractivity contribution is 0.535. The van der Waals surface area contributed by atoms with Crippen LogP contribution in [-0.2, 0) is 16.3 Å². The van der Waals surface area contributed by atoms with Crippen molar-refractivity contribution in [2.45, 2.75) is 108 Å². The molecule has 1 aromatic rings. The molecular weight excluding hydrogens is 332 g/mol. The highest BCUT2D eigenvalue weighted by molar-refractivity contribution is 7.90. The van der Waals surface area contributed by atoms with E-state index in [1.54, 1.807) is 6.20 Å². The van der Waals surface area contributed by atoms with Gasteiger partial charge < -0.3 is 4.98 Å². The second-order valence-electron chi connectivity index (χ2n) is 7.33. The molecule has 0 radical (unpaired) electrons. The van der Waals surface area contributed by atoms with E-state index in [0.717, 1.165) is 18.5 Å². The molecule has 0 aliphatic carbocycles. The van der Waals surface area contributed by atoms with Crippen molar-refractivity contribution in [3.8, 4) is 0 Å². The van der Waals surface area contributed by atoms with Crippen LogP contribution in [0.3, 0.4) is 0 Å². The molecule has 0 aliphatic heterocycles.